The summed E-state index contributed by atoms with van der Waals surface area (Å²) in [4.78, 5) is 23.0. The fourth-order valence-corrected chi connectivity index (χ4v) is 1.63. The lowest BCUT2D eigenvalue weighted by molar-refractivity contribution is -0.126. The van der Waals surface area contributed by atoms with E-state index in [-0.39, 0.29) is 10.9 Å². The number of hydrogen-bond acceptors (Lipinski definition) is 2. The highest BCUT2D eigenvalue weighted by molar-refractivity contribution is 6.30. The Morgan fingerprint density at radius 3 is 2.75 bits per heavy atom. The largest absolute Gasteiger partial charge is 0.355 e. The molecule has 1 atom stereocenters. The molecule has 6 heteroatoms. The Kier molecular flexibility index (Phi) is 6.18. The van der Waals surface area contributed by atoms with Gasteiger partial charge in [0.05, 0.1) is 5.02 Å². The molecule has 0 bridgehead atoms. The zero-order chi connectivity index (χ0) is 15.1. The Morgan fingerprint density at radius 2 is 2.15 bits per heavy atom. The molecule has 0 radical (unpaired) electrons. The lowest BCUT2D eigenvalue weighted by atomic mass is 10.2. The molecule has 0 aliphatic rings. The van der Waals surface area contributed by atoms with Gasteiger partial charge >= 0.3 is 0 Å². The van der Waals surface area contributed by atoms with Crippen molar-refractivity contribution in [1.82, 2.24) is 10.6 Å². The molecule has 0 saturated carbocycles. The molecule has 2 amide bonds. The van der Waals surface area contributed by atoms with Crippen LogP contribution in [0.15, 0.2) is 24.3 Å². The summed E-state index contributed by atoms with van der Waals surface area (Å²) in [7, 11) is 0. The Bertz CT molecular complexity index is 532. The highest BCUT2D eigenvalue weighted by atomic mass is 35.5. The van der Waals surface area contributed by atoms with Gasteiger partial charge < -0.3 is 10.6 Å². The third kappa shape index (κ3) is 5.01. The number of halogens is 2. The Labute approximate surface area is 122 Å². The fraction of sp³-hybridized carbons (Fsp3) is 0.286. The monoisotopic (exact) mass is 298 g/mol. The summed E-state index contributed by atoms with van der Waals surface area (Å²) in [6.07, 6.45) is 2.75. The second-order valence-corrected chi connectivity index (χ2v) is 4.54. The second-order valence-electron chi connectivity index (χ2n) is 4.13. The first-order chi connectivity index (χ1) is 9.43. The number of hydrogen-bond donors (Lipinski definition) is 2. The standard InChI is InChI=1S/C14H16ClFN2O2/c1-3-17-14(20)9(2)18-13(19)7-5-10-4-6-12(16)11(15)8-10/h4-9H,3H2,1-2H3,(H,17,20)(H,18,19)/b7-5+/t9-/m1/s1. The molecule has 1 rings (SSSR count). The maximum absolute atomic E-state index is 13.0. The van der Waals surface area contributed by atoms with Gasteiger partial charge in [-0.2, -0.15) is 0 Å². The number of rotatable bonds is 5. The molecule has 2 N–H and O–H groups in total. The minimum Gasteiger partial charge on any atom is -0.355 e. The van der Waals surface area contributed by atoms with Crippen LogP contribution in [0.25, 0.3) is 6.08 Å². The molecule has 0 spiro atoms. The second kappa shape index (κ2) is 7.65. The molecule has 108 valence electrons. The number of likely N-dealkylation sites (N-methyl/N-ethyl adjacent to an activating group) is 1. The summed E-state index contributed by atoms with van der Waals surface area (Å²) in [5.74, 6) is -1.18. The average molecular weight is 299 g/mol. The molecule has 1 aromatic carbocycles. The topological polar surface area (TPSA) is 58.2 Å². The van der Waals surface area contributed by atoms with E-state index in [0.717, 1.165) is 0 Å². The first-order valence-electron chi connectivity index (χ1n) is 6.15. The third-order valence-electron chi connectivity index (χ3n) is 2.47. The van der Waals surface area contributed by atoms with Crippen molar-refractivity contribution < 1.29 is 14.0 Å². The Hall–Kier alpha value is -1.88. The minimum atomic E-state index is -0.621. The van der Waals surface area contributed by atoms with Gasteiger partial charge in [0.25, 0.3) is 0 Å². The quantitative estimate of drug-likeness (QED) is 0.818. The summed E-state index contributed by atoms with van der Waals surface area (Å²) < 4.78 is 13.0. The van der Waals surface area contributed by atoms with Crippen molar-refractivity contribution in [2.24, 2.45) is 0 Å². The van der Waals surface area contributed by atoms with Crippen molar-refractivity contribution in [3.63, 3.8) is 0 Å². The summed E-state index contributed by atoms with van der Waals surface area (Å²) in [5.41, 5.74) is 0.595. The lowest BCUT2D eigenvalue weighted by Crippen LogP contribution is -2.44. The minimum absolute atomic E-state index is 0.0109. The van der Waals surface area contributed by atoms with Gasteiger partial charge in [-0.05, 0) is 37.6 Å². The van der Waals surface area contributed by atoms with Gasteiger partial charge in [0.15, 0.2) is 0 Å². The highest BCUT2D eigenvalue weighted by Gasteiger charge is 2.12. The van der Waals surface area contributed by atoms with Crippen molar-refractivity contribution in [3.05, 3.63) is 40.7 Å². The zero-order valence-electron chi connectivity index (χ0n) is 11.2. The van der Waals surface area contributed by atoms with E-state index in [1.807, 2.05) is 0 Å². The van der Waals surface area contributed by atoms with Crippen LogP contribution in [0.4, 0.5) is 4.39 Å². The van der Waals surface area contributed by atoms with Gasteiger partial charge in [0.1, 0.15) is 11.9 Å². The van der Waals surface area contributed by atoms with E-state index in [4.69, 9.17) is 11.6 Å². The molecule has 1 aromatic rings. The summed E-state index contributed by atoms with van der Waals surface area (Å²) in [5, 5.41) is 5.11. The molecule has 20 heavy (non-hydrogen) atoms. The van der Waals surface area contributed by atoms with Gasteiger partial charge in [-0.1, -0.05) is 17.7 Å². The molecule has 0 aliphatic carbocycles. The zero-order valence-corrected chi connectivity index (χ0v) is 12.0. The van der Waals surface area contributed by atoms with Crippen LogP contribution in [0.2, 0.25) is 5.02 Å². The van der Waals surface area contributed by atoms with Crippen LogP contribution in [-0.2, 0) is 9.59 Å². The first kappa shape index (κ1) is 16.2. The van der Waals surface area contributed by atoms with Crippen molar-refractivity contribution in [3.8, 4) is 0 Å². The fourth-order valence-electron chi connectivity index (χ4n) is 1.44. The molecule has 0 aliphatic heterocycles. The van der Waals surface area contributed by atoms with Crippen molar-refractivity contribution in [2.45, 2.75) is 19.9 Å². The third-order valence-corrected chi connectivity index (χ3v) is 2.76. The van der Waals surface area contributed by atoms with Gasteiger partial charge in [-0.25, -0.2) is 4.39 Å². The van der Waals surface area contributed by atoms with E-state index in [9.17, 15) is 14.0 Å². The van der Waals surface area contributed by atoms with E-state index < -0.39 is 17.8 Å². The van der Waals surface area contributed by atoms with E-state index in [0.29, 0.717) is 12.1 Å². The Morgan fingerprint density at radius 1 is 1.45 bits per heavy atom. The van der Waals surface area contributed by atoms with Crippen molar-refractivity contribution in [2.75, 3.05) is 6.54 Å². The van der Waals surface area contributed by atoms with Gasteiger partial charge in [0, 0.05) is 12.6 Å². The summed E-state index contributed by atoms with van der Waals surface area (Å²) in [6, 6.07) is 3.51. The number of nitrogens with one attached hydrogen (secondary N) is 2. The van der Waals surface area contributed by atoms with E-state index >= 15 is 0 Å². The SMILES string of the molecule is CCNC(=O)[C@@H](C)NC(=O)/C=C/c1ccc(F)c(Cl)c1. The van der Waals surface area contributed by atoms with Crippen molar-refractivity contribution in [1.29, 1.82) is 0 Å². The van der Waals surface area contributed by atoms with E-state index in [1.165, 1.54) is 30.4 Å². The molecule has 0 unspecified atom stereocenters. The van der Waals surface area contributed by atoms with Crippen molar-refractivity contribution >= 4 is 29.5 Å². The molecule has 0 heterocycles. The van der Waals surface area contributed by atoms with Gasteiger partial charge in [-0.3, -0.25) is 9.59 Å². The van der Waals surface area contributed by atoms with Gasteiger partial charge in [-0.15, -0.1) is 0 Å². The van der Waals surface area contributed by atoms with Crippen LogP contribution in [0.3, 0.4) is 0 Å². The van der Waals surface area contributed by atoms with E-state index in [1.54, 1.807) is 13.8 Å². The van der Waals surface area contributed by atoms with Crippen LogP contribution >= 0.6 is 11.6 Å². The Balaban J connectivity index is 2.59. The first-order valence-corrected chi connectivity index (χ1v) is 6.53. The number of benzene rings is 1. The molecular weight excluding hydrogens is 283 g/mol. The smallest absolute Gasteiger partial charge is 0.244 e. The maximum Gasteiger partial charge on any atom is 0.244 e. The number of amides is 2. The van der Waals surface area contributed by atoms with Crippen LogP contribution in [-0.4, -0.2) is 24.4 Å². The summed E-state index contributed by atoms with van der Waals surface area (Å²) >= 11 is 5.63. The van der Waals surface area contributed by atoms with Gasteiger partial charge in [0.2, 0.25) is 11.8 Å². The lowest BCUT2D eigenvalue weighted by Gasteiger charge is -2.11. The highest BCUT2D eigenvalue weighted by Crippen LogP contribution is 2.16. The van der Waals surface area contributed by atoms with Crippen LogP contribution < -0.4 is 10.6 Å². The molecule has 0 fully saturated rings. The molecular formula is C14H16ClFN2O2. The van der Waals surface area contributed by atoms with Crippen LogP contribution in [0.5, 0.6) is 0 Å². The number of carbonyl (C=O) groups excluding carboxylic acids is 2. The maximum atomic E-state index is 13.0. The summed E-state index contributed by atoms with van der Waals surface area (Å²) in [6.45, 7) is 3.89. The van der Waals surface area contributed by atoms with Crippen LogP contribution in [0, 0.1) is 5.82 Å². The predicted octanol–water partition coefficient (Wildman–Crippen LogP) is 2.13. The number of carbonyl (C=O) groups is 2. The van der Waals surface area contributed by atoms with Crippen LogP contribution in [0.1, 0.15) is 19.4 Å². The molecule has 0 aromatic heterocycles. The molecule has 0 saturated heterocycles. The predicted molar refractivity (Wildman–Crippen MR) is 76.7 cm³/mol. The average Bonchev–Trinajstić information content (AvgIpc) is 2.40. The van der Waals surface area contributed by atoms with E-state index in [2.05, 4.69) is 10.6 Å². The normalized spacial score (nSPS) is 12.2. The molecule has 4 nitrogen and oxygen atoms in total.